The Kier molecular flexibility index (Phi) is 2.49. The van der Waals surface area contributed by atoms with Gasteiger partial charge >= 0.3 is 0 Å². The molecule has 1 saturated heterocycles. The fourth-order valence-corrected chi connectivity index (χ4v) is 1.55. The molecule has 0 radical (unpaired) electrons. The van der Waals surface area contributed by atoms with E-state index in [1.54, 1.807) is 19.2 Å². The number of hydrogen-bond acceptors (Lipinski definition) is 4. The van der Waals surface area contributed by atoms with E-state index in [1.165, 1.54) is 4.68 Å². The van der Waals surface area contributed by atoms with E-state index in [9.17, 15) is 4.79 Å². The van der Waals surface area contributed by atoms with Crippen molar-refractivity contribution >= 4 is 5.82 Å². The number of rotatable bonds is 1. The highest BCUT2D eigenvalue weighted by Gasteiger charge is 2.11. The van der Waals surface area contributed by atoms with E-state index in [4.69, 9.17) is 0 Å². The van der Waals surface area contributed by atoms with Gasteiger partial charge in [-0.15, -0.1) is 0 Å². The Morgan fingerprint density at radius 2 is 2.07 bits per heavy atom. The Bertz CT molecular complexity index is 367. The van der Waals surface area contributed by atoms with Crippen LogP contribution in [0.1, 0.15) is 0 Å². The first-order valence-electron chi connectivity index (χ1n) is 4.77. The lowest BCUT2D eigenvalue weighted by atomic mass is 10.3. The second-order valence-electron chi connectivity index (χ2n) is 3.39. The van der Waals surface area contributed by atoms with Crippen molar-refractivity contribution in [3.8, 4) is 0 Å². The summed E-state index contributed by atoms with van der Waals surface area (Å²) >= 11 is 0. The summed E-state index contributed by atoms with van der Waals surface area (Å²) in [4.78, 5) is 13.3. The molecule has 0 bridgehead atoms. The van der Waals surface area contributed by atoms with E-state index in [-0.39, 0.29) is 5.56 Å². The summed E-state index contributed by atoms with van der Waals surface area (Å²) in [5, 5.41) is 7.47. The lowest BCUT2D eigenvalue weighted by Gasteiger charge is -2.28. The standard InChI is InChI=1S/C9H14N4O/c1-12-9(14)3-2-8(11-12)13-6-4-10-5-7-13/h2-3,10H,4-7H2,1H3. The molecule has 0 unspecified atom stereocenters. The molecular formula is C9H14N4O. The molecule has 1 aromatic heterocycles. The van der Waals surface area contributed by atoms with Gasteiger partial charge in [-0.2, -0.15) is 5.10 Å². The summed E-state index contributed by atoms with van der Waals surface area (Å²) in [5.41, 5.74) is -0.0658. The van der Waals surface area contributed by atoms with Gasteiger partial charge in [-0.25, -0.2) is 4.68 Å². The normalized spacial score (nSPS) is 17.1. The summed E-state index contributed by atoms with van der Waals surface area (Å²) in [7, 11) is 1.67. The average Bonchev–Trinajstić information content (AvgIpc) is 2.23. The maximum Gasteiger partial charge on any atom is 0.266 e. The van der Waals surface area contributed by atoms with Crippen molar-refractivity contribution < 1.29 is 0 Å². The first kappa shape index (κ1) is 9.21. The average molecular weight is 194 g/mol. The van der Waals surface area contributed by atoms with Crippen molar-refractivity contribution in [2.75, 3.05) is 31.1 Å². The molecule has 1 N–H and O–H groups in total. The summed E-state index contributed by atoms with van der Waals surface area (Å²) in [6.07, 6.45) is 0. The maximum absolute atomic E-state index is 11.1. The van der Waals surface area contributed by atoms with Gasteiger partial charge in [0.2, 0.25) is 0 Å². The number of hydrogen-bond donors (Lipinski definition) is 1. The summed E-state index contributed by atoms with van der Waals surface area (Å²) in [5.74, 6) is 0.883. The van der Waals surface area contributed by atoms with Gasteiger partial charge in [0.1, 0.15) is 5.82 Å². The van der Waals surface area contributed by atoms with Gasteiger partial charge in [-0.1, -0.05) is 0 Å². The summed E-state index contributed by atoms with van der Waals surface area (Å²) < 4.78 is 1.37. The molecule has 1 fully saturated rings. The van der Waals surface area contributed by atoms with Gasteiger partial charge in [-0.3, -0.25) is 4.79 Å². The molecule has 1 aliphatic rings. The first-order chi connectivity index (χ1) is 6.77. The molecule has 2 rings (SSSR count). The lowest BCUT2D eigenvalue weighted by molar-refractivity contribution is 0.574. The molecule has 0 aliphatic carbocycles. The topological polar surface area (TPSA) is 50.2 Å². The van der Waals surface area contributed by atoms with Crippen LogP contribution in [0.5, 0.6) is 0 Å². The molecule has 0 saturated carbocycles. The van der Waals surface area contributed by atoms with Gasteiger partial charge in [0.05, 0.1) is 0 Å². The highest BCUT2D eigenvalue weighted by Crippen LogP contribution is 2.07. The predicted octanol–water partition coefficient (Wildman–Crippen LogP) is -0.810. The predicted molar refractivity (Wildman–Crippen MR) is 54.6 cm³/mol. The minimum Gasteiger partial charge on any atom is -0.353 e. The molecule has 1 aromatic rings. The van der Waals surface area contributed by atoms with Crippen LogP contribution in [0.15, 0.2) is 16.9 Å². The molecule has 2 heterocycles. The summed E-state index contributed by atoms with van der Waals surface area (Å²) in [6.45, 7) is 3.85. The zero-order chi connectivity index (χ0) is 9.97. The van der Waals surface area contributed by atoms with Crippen LogP contribution in [0, 0.1) is 0 Å². The van der Waals surface area contributed by atoms with E-state index in [0.29, 0.717) is 0 Å². The zero-order valence-corrected chi connectivity index (χ0v) is 8.23. The third-order valence-electron chi connectivity index (χ3n) is 2.39. The van der Waals surface area contributed by atoms with Gasteiger partial charge in [0.25, 0.3) is 5.56 Å². The molecule has 0 spiro atoms. The largest absolute Gasteiger partial charge is 0.353 e. The molecule has 0 amide bonds. The van der Waals surface area contributed by atoms with Crippen molar-refractivity contribution in [1.29, 1.82) is 0 Å². The Balaban J connectivity index is 2.22. The number of nitrogens with zero attached hydrogens (tertiary/aromatic N) is 3. The van der Waals surface area contributed by atoms with E-state index < -0.39 is 0 Å². The quantitative estimate of drug-likeness (QED) is 0.635. The van der Waals surface area contributed by atoms with E-state index in [2.05, 4.69) is 15.3 Å². The van der Waals surface area contributed by atoms with Crippen LogP contribution >= 0.6 is 0 Å². The van der Waals surface area contributed by atoms with Crippen LogP contribution in [0.2, 0.25) is 0 Å². The molecule has 0 aromatic carbocycles. The minimum absolute atomic E-state index is 0.0658. The molecule has 5 nitrogen and oxygen atoms in total. The Labute approximate surface area is 82.3 Å². The molecule has 76 valence electrons. The number of aryl methyl sites for hydroxylation is 1. The van der Waals surface area contributed by atoms with E-state index >= 15 is 0 Å². The second-order valence-corrected chi connectivity index (χ2v) is 3.39. The van der Waals surface area contributed by atoms with Gasteiger partial charge in [0, 0.05) is 39.3 Å². The van der Waals surface area contributed by atoms with Crippen molar-refractivity contribution in [3.05, 3.63) is 22.5 Å². The number of anilines is 1. The van der Waals surface area contributed by atoms with Crippen LogP contribution in [-0.4, -0.2) is 36.0 Å². The minimum atomic E-state index is -0.0658. The van der Waals surface area contributed by atoms with Gasteiger partial charge in [0.15, 0.2) is 0 Å². The van der Waals surface area contributed by atoms with Crippen molar-refractivity contribution in [2.24, 2.45) is 7.05 Å². The summed E-state index contributed by atoms with van der Waals surface area (Å²) in [6, 6.07) is 3.35. The number of aromatic nitrogens is 2. The molecular weight excluding hydrogens is 180 g/mol. The Morgan fingerprint density at radius 1 is 1.36 bits per heavy atom. The zero-order valence-electron chi connectivity index (χ0n) is 8.23. The smallest absolute Gasteiger partial charge is 0.266 e. The van der Waals surface area contributed by atoms with Crippen molar-refractivity contribution in [3.63, 3.8) is 0 Å². The third kappa shape index (κ3) is 1.77. The van der Waals surface area contributed by atoms with Gasteiger partial charge < -0.3 is 10.2 Å². The van der Waals surface area contributed by atoms with Crippen molar-refractivity contribution in [2.45, 2.75) is 0 Å². The second kappa shape index (κ2) is 3.79. The molecule has 14 heavy (non-hydrogen) atoms. The van der Waals surface area contributed by atoms with E-state index in [0.717, 1.165) is 32.0 Å². The highest BCUT2D eigenvalue weighted by molar-refractivity contribution is 5.36. The van der Waals surface area contributed by atoms with Gasteiger partial charge in [-0.05, 0) is 6.07 Å². The SMILES string of the molecule is Cn1nc(N2CCNCC2)ccc1=O. The Hall–Kier alpha value is -1.36. The molecule has 5 heteroatoms. The van der Waals surface area contributed by atoms with Crippen LogP contribution < -0.4 is 15.8 Å². The monoisotopic (exact) mass is 194 g/mol. The van der Waals surface area contributed by atoms with Crippen LogP contribution in [-0.2, 0) is 7.05 Å². The van der Waals surface area contributed by atoms with Crippen LogP contribution in [0.3, 0.4) is 0 Å². The van der Waals surface area contributed by atoms with E-state index in [1.807, 2.05) is 0 Å². The highest BCUT2D eigenvalue weighted by atomic mass is 16.1. The van der Waals surface area contributed by atoms with Crippen molar-refractivity contribution in [1.82, 2.24) is 15.1 Å². The number of piperazine rings is 1. The Morgan fingerprint density at radius 3 is 2.71 bits per heavy atom. The van der Waals surface area contributed by atoms with Crippen LogP contribution in [0.4, 0.5) is 5.82 Å². The number of nitrogens with one attached hydrogen (secondary N) is 1. The molecule has 1 aliphatic heterocycles. The lowest BCUT2D eigenvalue weighted by Crippen LogP contribution is -2.44. The fraction of sp³-hybridized carbons (Fsp3) is 0.556. The first-order valence-corrected chi connectivity index (χ1v) is 4.77. The molecule has 0 atom stereocenters. The fourth-order valence-electron chi connectivity index (χ4n) is 1.55. The third-order valence-corrected chi connectivity index (χ3v) is 2.39. The maximum atomic E-state index is 11.1. The van der Waals surface area contributed by atoms with Crippen LogP contribution in [0.25, 0.3) is 0 Å².